The van der Waals surface area contributed by atoms with Gasteiger partial charge in [0.25, 0.3) is 11.5 Å². The van der Waals surface area contributed by atoms with Crippen molar-refractivity contribution in [3.63, 3.8) is 0 Å². The Labute approximate surface area is 123 Å². The number of carbonyl (C=O) groups is 1. The highest BCUT2D eigenvalue weighted by atomic mass is 127. The predicted octanol–water partition coefficient (Wildman–Crippen LogP) is 1.28. The van der Waals surface area contributed by atoms with E-state index in [1.165, 1.54) is 23.2 Å². The molecule has 1 amide bonds. The molecule has 0 atom stereocenters. The SMILES string of the molecule is O=C(NCCn1cnccc1=O)c1ccc(I)cc1. The van der Waals surface area contributed by atoms with Crippen LogP contribution in [-0.2, 0) is 6.54 Å². The second-order valence-electron chi connectivity index (χ2n) is 3.87. The number of hydrogen-bond acceptors (Lipinski definition) is 3. The number of amides is 1. The Morgan fingerprint density at radius 1 is 1.26 bits per heavy atom. The van der Waals surface area contributed by atoms with Gasteiger partial charge in [0.2, 0.25) is 0 Å². The minimum absolute atomic E-state index is 0.126. The molecule has 0 aliphatic rings. The Morgan fingerprint density at radius 2 is 2.00 bits per heavy atom. The van der Waals surface area contributed by atoms with Crippen molar-refractivity contribution in [3.8, 4) is 0 Å². The average Bonchev–Trinajstić information content (AvgIpc) is 2.41. The lowest BCUT2D eigenvalue weighted by Gasteiger charge is -2.06. The van der Waals surface area contributed by atoms with Crippen LogP contribution in [0.15, 0.2) is 47.7 Å². The summed E-state index contributed by atoms with van der Waals surface area (Å²) in [6.07, 6.45) is 2.91. The fourth-order valence-corrected chi connectivity index (χ4v) is 1.90. The maximum atomic E-state index is 11.8. The van der Waals surface area contributed by atoms with Crippen LogP contribution in [0.25, 0.3) is 0 Å². The lowest BCUT2D eigenvalue weighted by atomic mass is 10.2. The molecule has 0 spiro atoms. The standard InChI is InChI=1S/C13H12IN3O2/c14-11-3-1-10(2-4-11)13(19)16-7-8-17-9-15-6-5-12(17)18/h1-6,9H,7-8H2,(H,16,19). The lowest BCUT2D eigenvalue weighted by Crippen LogP contribution is -2.30. The lowest BCUT2D eigenvalue weighted by molar-refractivity contribution is 0.0952. The van der Waals surface area contributed by atoms with Crippen LogP contribution in [0.5, 0.6) is 0 Å². The molecule has 1 N–H and O–H groups in total. The summed E-state index contributed by atoms with van der Waals surface area (Å²) in [5.41, 5.74) is 0.484. The molecule has 0 bridgehead atoms. The monoisotopic (exact) mass is 369 g/mol. The van der Waals surface area contributed by atoms with Crippen LogP contribution in [0.2, 0.25) is 0 Å². The van der Waals surface area contributed by atoms with Crippen molar-refractivity contribution in [1.82, 2.24) is 14.9 Å². The van der Waals surface area contributed by atoms with Gasteiger partial charge >= 0.3 is 0 Å². The quantitative estimate of drug-likeness (QED) is 0.826. The predicted molar refractivity (Wildman–Crippen MR) is 80.0 cm³/mol. The molecule has 0 radical (unpaired) electrons. The molecule has 0 aliphatic carbocycles. The van der Waals surface area contributed by atoms with E-state index in [2.05, 4.69) is 32.9 Å². The zero-order valence-electron chi connectivity index (χ0n) is 10.0. The Balaban J connectivity index is 1.89. The molecule has 6 heteroatoms. The van der Waals surface area contributed by atoms with Gasteiger partial charge in [-0.15, -0.1) is 0 Å². The van der Waals surface area contributed by atoms with Gasteiger partial charge in [-0.3, -0.25) is 14.2 Å². The van der Waals surface area contributed by atoms with Crippen LogP contribution in [0, 0.1) is 3.57 Å². The maximum Gasteiger partial charge on any atom is 0.253 e. The van der Waals surface area contributed by atoms with Crippen LogP contribution < -0.4 is 10.9 Å². The van der Waals surface area contributed by atoms with Crippen molar-refractivity contribution < 1.29 is 4.79 Å². The van der Waals surface area contributed by atoms with Crippen LogP contribution >= 0.6 is 22.6 Å². The molecular formula is C13H12IN3O2. The summed E-state index contributed by atoms with van der Waals surface area (Å²) in [4.78, 5) is 27.1. The average molecular weight is 369 g/mol. The smallest absolute Gasteiger partial charge is 0.253 e. The first-order valence-corrected chi connectivity index (χ1v) is 6.79. The van der Waals surface area contributed by atoms with E-state index in [9.17, 15) is 9.59 Å². The van der Waals surface area contributed by atoms with Gasteiger partial charge in [-0.25, -0.2) is 4.98 Å². The molecule has 1 aromatic heterocycles. The number of nitrogens with zero attached hydrogens (tertiary/aromatic N) is 2. The van der Waals surface area contributed by atoms with Crippen molar-refractivity contribution >= 4 is 28.5 Å². The number of nitrogens with one attached hydrogen (secondary N) is 1. The summed E-state index contributed by atoms with van der Waals surface area (Å²) in [6.45, 7) is 0.791. The molecule has 0 aliphatic heterocycles. The van der Waals surface area contributed by atoms with E-state index in [1.54, 1.807) is 12.1 Å². The minimum atomic E-state index is -0.145. The van der Waals surface area contributed by atoms with Crippen LogP contribution in [0.1, 0.15) is 10.4 Å². The molecule has 98 valence electrons. The topological polar surface area (TPSA) is 64.0 Å². The molecule has 0 fully saturated rings. The Kier molecular flexibility index (Phi) is 4.67. The Hall–Kier alpha value is -1.70. The van der Waals surface area contributed by atoms with Crippen molar-refractivity contribution in [3.05, 3.63) is 62.3 Å². The van der Waals surface area contributed by atoms with Gasteiger partial charge in [-0.2, -0.15) is 0 Å². The van der Waals surface area contributed by atoms with Crippen LogP contribution in [-0.4, -0.2) is 22.0 Å². The van der Waals surface area contributed by atoms with Crippen LogP contribution in [0.3, 0.4) is 0 Å². The van der Waals surface area contributed by atoms with E-state index >= 15 is 0 Å². The van der Waals surface area contributed by atoms with E-state index in [-0.39, 0.29) is 11.5 Å². The van der Waals surface area contributed by atoms with E-state index in [4.69, 9.17) is 0 Å². The first-order valence-electron chi connectivity index (χ1n) is 5.71. The highest BCUT2D eigenvalue weighted by Crippen LogP contribution is 2.06. The Morgan fingerprint density at radius 3 is 2.68 bits per heavy atom. The van der Waals surface area contributed by atoms with Gasteiger partial charge in [-0.05, 0) is 46.9 Å². The third-order valence-electron chi connectivity index (χ3n) is 2.54. The Bertz CT molecular complexity index is 622. The minimum Gasteiger partial charge on any atom is -0.350 e. The van der Waals surface area contributed by atoms with Crippen LogP contribution in [0.4, 0.5) is 0 Å². The first kappa shape index (κ1) is 13.7. The summed E-state index contributed by atoms with van der Waals surface area (Å²) < 4.78 is 2.53. The fraction of sp³-hybridized carbons (Fsp3) is 0.154. The fourth-order valence-electron chi connectivity index (χ4n) is 1.54. The third kappa shape index (κ3) is 3.88. The number of rotatable bonds is 4. The number of benzene rings is 1. The second kappa shape index (κ2) is 6.46. The van der Waals surface area contributed by atoms with Gasteiger partial charge in [-0.1, -0.05) is 0 Å². The molecule has 1 aromatic carbocycles. The van der Waals surface area contributed by atoms with Crippen molar-refractivity contribution in [1.29, 1.82) is 0 Å². The third-order valence-corrected chi connectivity index (χ3v) is 3.26. The summed E-state index contributed by atoms with van der Waals surface area (Å²) >= 11 is 2.18. The van der Waals surface area contributed by atoms with E-state index in [0.717, 1.165) is 3.57 Å². The summed E-state index contributed by atoms with van der Waals surface area (Å²) in [7, 11) is 0. The summed E-state index contributed by atoms with van der Waals surface area (Å²) in [5, 5.41) is 2.77. The molecule has 2 aromatic rings. The second-order valence-corrected chi connectivity index (χ2v) is 5.12. The van der Waals surface area contributed by atoms with E-state index in [0.29, 0.717) is 18.7 Å². The van der Waals surface area contributed by atoms with Gasteiger partial charge in [0, 0.05) is 34.5 Å². The van der Waals surface area contributed by atoms with Gasteiger partial charge in [0.05, 0.1) is 6.33 Å². The normalized spacial score (nSPS) is 10.2. The molecule has 2 rings (SSSR count). The molecule has 0 saturated carbocycles. The largest absolute Gasteiger partial charge is 0.350 e. The van der Waals surface area contributed by atoms with E-state index in [1.807, 2.05) is 12.1 Å². The van der Waals surface area contributed by atoms with Gasteiger partial charge < -0.3 is 5.32 Å². The molecule has 1 heterocycles. The zero-order chi connectivity index (χ0) is 13.7. The van der Waals surface area contributed by atoms with E-state index < -0.39 is 0 Å². The summed E-state index contributed by atoms with van der Waals surface area (Å²) in [5.74, 6) is -0.145. The van der Waals surface area contributed by atoms with Gasteiger partial charge in [0.1, 0.15) is 0 Å². The number of halogens is 1. The highest BCUT2D eigenvalue weighted by Gasteiger charge is 2.04. The number of carbonyl (C=O) groups excluding carboxylic acids is 1. The molecule has 0 unspecified atom stereocenters. The maximum absolute atomic E-state index is 11.8. The molecular weight excluding hydrogens is 357 g/mol. The highest BCUT2D eigenvalue weighted by molar-refractivity contribution is 14.1. The van der Waals surface area contributed by atoms with Crippen molar-refractivity contribution in [2.75, 3.05) is 6.54 Å². The summed E-state index contributed by atoms with van der Waals surface area (Å²) in [6, 6.07) is 8.68. The first-order chi connectivity index (χ1) is 9.16. The zero-order valence-corrected chi connectivity index (χ0v) is 12.2. The molecule has 5 nitrogen and oxygen atoms in total. The van der Waals surface area contributed by atoms with Crippen molar-refractivity contribution in [2.24, 2.45) is 0 Å². The van der Waals surface area contributed by atoms with Gasteiger partial charge in [0.15, 0.2) is 0 Å². The molecule has 0 saturated heterocycles. The number of aromatic nitrogens is 2. The molecule has 19 heavy (non-hydrogen) atoms. The van der Waals surface area contributed by atoms with Crippen molar-refractivity contribution in [2.45, 2.75) is 6.54 Å². The number of hydrogen-bond donors (Lipinski definition) is 1.